The molecule has 0 aromatic heterocycles. The van der Waals surface area contributed by atoms with Gasteiger partial charge in [0.05, 0.1) is 11.8 Å². The number of benzene rings is 2. The van der Waals surface area contributed by atoms with Crippen LogP contribution in [0.15, 0.2) is 48.5 Å². The zero-order valence-electron chi connectivity index (χ0n) is 21.9. The number of anilines is 1. The quantitative estimate of drug-likeness (QED) is 0.315. The van der Waals surface area contributed by atoms with E-state index in [4.69, 9.17) is 14.6 Å². The van der Waals surface area contributed by atoms with Crippen LogP contribution < -0.4 is 10.0 Å². The number of carboxylic acids is 2. The van der Waals surface area contributed by atoms with E-state index in [1.165, 1.54) is 12.1 Å². The molecule has 5 rings (SSSR count). The summed E-state index contributed by atoms with van der Waals surface area (Å²) in [5.74, 6) is -3.99. The van der Waals surface area contributed by atoms with Crippen LogP contribution in [0.3, 0.4) is 0 Å². The molecule has 3 aliphatic heterocycles. The Morgan fingerprint density at radius 3 is 2.17 bits per heavy atom. The number of fused-ring (bicyclic) bond motifs is 3. The summed E-state index contributed by atoms with van der Waals surface area (Å²) in [5.41, 5.74) is 1.49. The molecular formula is C26H30F3N3O8S. The van der Waals surface area contributed by atoms with Crippen LogP contribution >= 0.6 is 0 Å². The number of nitrogens with zero attached hydrogens (tertiary/aromatic N) is 1. The van der Waals surface area contributed by atoms with E-state index >= 15 is 0 Å². The fraction of sp³-hybridized carbons (Fsp3) is 0.423. The summed E-state index contributed by atoms with van der Waals surface area (Å²) < 4.78 is 63.1. The van der Waals surface area contributed by atoms with Crippen LogP contribution in [0.5, 0.6) is 0 Å². The molecule has 11 nitrogen and oxygen atoms in total. The summed E-state index contributed by atoms with van der Waals surface area (Å²) >= 11 is 0. The highest BCUT2D eigenvalue weighted by atomic mass is 32.2. The standard InChI is InChI=1S/C24H29N3O6S.C2HF3O2/c1-34(31,32)25-14-16-11-19(23(28)29)13-20(12-16)26-22(18-5-3-2-4-6-18)24(30)33-21-15-27-9-7-17(21)8-10-27;3-2(4,5)1(6)7/h2-6,11-13,17,21-22,25-26H,7-10,14-15H2,1H3,(H,28,29);(H,6,7)/t21-,22?;/m0./s1. The maximum absolute atomic E-state index is 13.3. The number of aliphatic carboxylic acids is 1. The van der Waals surface area contributed by atoms with Crippen LogP contribution in [-0.4, -0.2) is 79.6 Å². The minimum atomic E-state index is -5.08. The third-order valence-corrected chi connectivity index (χ3v) is 7.23. The predicted octanol–water partition coefficient (Wildman–Crippen LogP) is 2.86. The largest absolute Gasteiger partial charge is 0.490 e. The van der Waals surface area contributed by atoms with E-state index in [1.807, 2.05) is 30.3 Å². The number of carbonyl (C=O) groups excluding carboxylic acids is 1. The second-order valence-electron chi connectivity index (χ2n) is 9.72. The average molecular weight is 602 g/mol. The summed E-state index contributed by atoms with van der Waals surface area (Å²) in [5, 5.41) is 19.8. The van der Waals surface area contributed by atoms with Crippen LogP contribution in [0.2, 0.25) is 0 Å². The number of aromatic carboxylic acids is 1. The Morgan fingerprint density at radius 1 is 1.07 bits per heavy atom. The number of halogens is 3. The summed E-state index contributed by atoms with van der Waals surface area (Å²) in [6, 6.07) is 12.7. The summed E-state index contributed by atoms with van der Waals surface area (Å²) in [6.07, 6.45) is -2.19. The fourth-order valence-corrected chi connectivity index (χ4v) is 5.00. The van der Waals surface area contributed by atoms with Gasteiger partial charge in [-0.1, -0.05) is 30.3 Å². The van der Waals surface area contributed by atoms with Gasteiger partial charge in [0.2, 0.25) is 10.0 Å². The van der Waals surface area contributed by atoms with Gasteiger partial charge in [-0.05, 0) is 61.2 Å². The molecule has 15 heteroatoms. The zero-order valence-corrected chi connectivity index (χ0v) is 22.7. The van der Waals surface area contributed by atoms with Gasteiger partial charge in [-0.15, -0.1) is 0 Å². The third kappa shape index (κ3) is 9.72. The average Bonchev–Trinajstić information content (AvgIpc) is 2.91. The first-order valence-corrected chi connectivity index (χ1v) is 14.4. The Morgan fingerprint density at radius 2 is 1.68 bits per heavy atom. The normalized spacial score (nSPS) is 20.7. The van der Waals surface area contributed by atoms with E-state index in [0.29, 0.717) is 22.7 Å². The minimum absolute atomic E-state index is 0.0205. The van der Waals surface area contributed by atoms with Crippen molar-refractivity contribution in [1.29, 1.82) is 0 Å². The highest BCUT2D eigenvalue weighted by Crippen LogP contribution is 2.31. The molecule has 2 aromatic carbocycles. The Bertz CT molecular complexity index is 1350. The molecule has 2 aromatic rings. The lowest BCUT2D eigenvalue weighted by molar-refractivity contribution is -0.192. The first-order chi connectivity index (χ1) is 19.1. The van der Waals surface area contributed by atoms with Crippen molar-refractivity contribution in [2.45, 2.75) is 37.7 Å². The van der Waals surface area contributed by atoms with Crippen LogP contribution in [0, 0.1) is 5.92 Å². The maximum Gasteiger partial charge on any atom is 0.490 e. The van der Waals surface area contributed by atoms with Crippen LogP contribution in [-0.2, 0) is 30.9 Å². The number of alkyl halides is 3. The lowest BCUT2D eigenvalue weighted by atomic mass is 9.86. The molecular weight excluding hydrogens is 571 g/mol. The van der Waals surface area contributed by atoms with Crippen molar-refractivity contribution in [2.75, 3.05) is 31.2 Å². The molecule has 1 unspecified atom stereocenters. The van der Waals surface area contributed by atoms with E-state index in [0.717, 1.165) is 38.7 Å². The second-order valence-corrected chi connectivity index (χ2v) is 11.6. The first-order valence-electron chi connectivity index (χ1n) is 12.5. The van der Waals surface area contributed by atoms with Gasteiger partial charge in [0.25, 0.3) is 0 Å². The van der Waals surface area contributed by atoms with E-state index in [9.17, 15) is 36.3 Å². The Balaban J connectivity index is 0.000000587. The lowest BCUT2D eigenvalue weighted by Gasteiger charge is -2.44. The molecule has 2 atom stereocenters. The SMILES string of the molecule is CS(=O)(=O)NCc1cc(NC(C(=O)O[C@H]2CN3CCC2CC3)c2ccccc2)cc(C(=O)O)c1.O=C(O)C(F)(F)F. The van der Waals surface area contributed by atoms with E-state index < -0.39 is 40.1 Å². The van der Waals surface area contributed by atoms with Crippen molar-refractivity contribution < 1.29 is 50.9 Å². The third-order valence-electron chi connectivity index (χ3n) is 6.56. The Labute approximate surface area is 234 Å². The monoisotopic (exact) mass is 601 g/mol. The van der Waals surface area contributed by atoms with Crippen LogP contribution in [0.25, 0.3) is 0 Å². The molecule has 0 aliphatic carbocycles. The molecule has 4 N–H and O–H groups in total. The second kappa shape index (κ2) is 13.3. The van der Waals surface area contributed by atoms with Crippen LogP contribution in [0.4, 0.5) is 18.9 Å². The summed E-state index contributed by atoms with van der Waals surface area (Å²) in [6.45, 7) is 2.72. The number of ether oxygens (including phenoxy) is 1. The van der Waals surface area contributed by atoms with Crippen molar-refractivity contribution in [2.24, 2.45) is 5.92 Å². The van der Waals surface area contributed by atoms with Crippen molar-refractivity contribution in [3.63, 3.8) is 0 Å². The van der Waals surface area contributed by atoms with Gasteiger partial charge in [-0.25, -0.2) is 27.5 Å². The van der Waals surface area contributed by atoms with Gasteiger partial charge in [-0.3, -0.25) is 4.90 Å². The molecule has 3 aliphatic rings. The van der Waals surface area contributed by atoms with Crippen molar-refractivity contribution in [3.8, 4) is 0 Å². The molecule has 3 fully saturated rings. The highest BCUT2D eigenvalue weighted by Gasteiger charge is 2.39. The van der Waals surface area contributed by atoms with Gasteiger partial charge < -0.3 is 20.3 Å². The number of rotatable bonds is 9. The van der Waals surface area contributed by atoms with Gasteiger partial charge in [0, 0.05) is 18.8 Å². The molecule has 2 bridgehead atoms. The van der Waals surface area contributed by atoms with Crippen molar-refractivity contribution >= 4 is 33.6 Å². The number of piperidine rings is 3. The van der Waals surface area contributed by atoms with Crippen molar-refractivity contribution in [1.82, 2.24) is 9.62 Å². The van der Waals surface area contributed by atoms with E-state index in [2.05, 4.69) is 14.9 Å². The van der Waals surface area contributed by atoms with Gasteiger partial charge in [0.1, 0.15) is 6.10 Å². The number of esters is 1. The minimum Gasteiger partial charge on any atom is -0.478 e. The topological polar surface area (TPSA) is 162 Å². The first kappa shape index (κ1) is 31.8. The van der Waals surface area contributed by atoms with Crippen LogP contribution in [0.1, 0.15) is 40.4 Å². The Kier molecular flexibility index (Phi) is 10.3. The predicted molar refractivity (Wildman–Crippen MR) is 141 cm³/mol. The summed E-state index contributed by atoms with van der Waals surface area (Å²) in [4.78, 5) is 36.2. The summed E-state index contributed by atoms with van der Waals surface area (Å²) in [7, 11) is -3.46. The molecule has 3 heterocycles. The molecule has 3 saturated heterocycles. The highest BCUT2D eigenvalue weighted by molar-refractivity contribution is 7.88. The molecule has 41 heavy (non-hydrogen) atoms. The van der Waals surface area contributed by atoms with Crippen molar-refractivity contribution in [3.05, 3.63) is 65.2 Å². The number of sulfonamides is 1. The number of carbonyl (C=O) groups is 3. The Hall–Kier alpha value is -3.69. The molecule has 0 saturated carbocycles. The number of hydrogen-bond acceptors (Lipinski definition) is 8. The van der Waals surface area contributed by atoms with E-state index in [1.54, 1.807) is 6.07 Å². The molecule has 224 valence electrons. The van der Waals surface area contributed by atoms with E-state index in [-0.39, 0.29) is 18.2 Å². The maximum atomic E-state index is 13.3. The van der Waals surface area contributed by atoms with Gasteiger partial charge in [-0.2, -0.15) is 13.2 Å². The van der Waals surface area contributed by atoms with Gasteiger partial charge >= 0.3 is 24.1 Å². The molecule has 0 amide bonds. The fourth-order valence-electron chi connectivity index (χ4n) is 4.57. The number of carboxylic acid groups (broad SMARTS) is 2. The zero-order chi connectivity index (χ0) is 30.4. The lowest BCUT2D eigenvalue weighted by Crippen LogP contribution is -2.52. The van der Waals surface area contributed by atoms with Gasteiger partial charge in [0.15, 0.2) is 6.04 Å². The number of hydrogen-bond donors (Lipinski definition) is 4. The molecule has 0 radical (unpaired) electrons. The smallest absolute Gasteiger partial charge is 0.478 e. The molecule has 0 spiro atoms. The number of nitrogens with one attached hydrogen (secondary N) is 2.